The summed E-state index contributed by atoms with van der Waals surface area (Å²) >= 11 is 0. The molecule has 0 aliphatic carbocycles. The summed E-state index contributed by atoms with van der Waals surface area (Å²) in [5, 5.41) is 0. The molecule has 0 aromatic rings. The van der Waals surface area contributed by atoms with Crippen LogP contribution in [0.2, 0.25) is 0 Å². The third-order valence-electron chi connectivity index (χ3n) is 1.18. The SMILES string of the molecule is CC(F)(F)C1(F)OCCO1. The molecule has 0 amide bonds. The lowest BCUT2D eigenvalue weighted by molar-refractivity contribution is -0.354. The molecular formula is C5H7F3O2. The summed E-state index contributed by atoms with van der Waals surface area (Å²) in [6, 6.07) is -3.20. The van der Waals surface area contributed by atoms with Crippen molar-refractivity contribution in [2.45, 2.75) is 18.9 Å². The van der Waals surface area contributed by atoms with E-state index in [1.54, 1.807) is 0 Å². The van der Waals surface area contributed by atoms with E-state index in [1.165, 1.54) is 0 Å². The number of hydrogen-bond donors (Lipinski definition) is 0. The van der Waals surface area contributed by atoms with E-state index in [0.717, 1.165) is 0 Å². The van der Waals surface area contributed by atoms with Crippen LogP contribution in [0.1, 0.15) is 6.92 Å². The van der Waals surface area contributed by atoms with Crippen LogP contribution in [0, 0.1) is 0 Å². The fourth-order valence-electron chi connectivity index (χ4n) is 0.641. The van der Waals surface area contributed by atoms with Gasteiger partial charge in [-0.1, -0.05) is 0 Å². The second-order valence-corrected chi connectivity index (χ2v) is 2.12. The molecule has 1 saturated heterocycles. The Hall–Kier alpha value is -0.290. The Morgan fingerprint density at radius 1 is 1.30 bits per heavy atom. The van der Waals surface area contributed by atoms with E-state index < -0.39 is 12.0 Å². The van der Waals surface area contributed by atoms with Crippen molar-refractivity contribution >= 4 is 0 Å². The van der Waals surface area contributed by atoms with Crippen molar-refractivity contribution in [2.75, 3.05) is 13.2 Å². The largest absolute Gasteiger partial charge is 0.385 e. The zero-order valence-corrected chi connectivity index (χ0v) is 5.36. The summed E-state index contributed by atoms with van der Waals surface area (Å²) in [5.41, 5.74) is 0. The molecule has 10 heavy (non-hydrogen) atoms. The molecule has 0 N–H and O–H groups in total. The minimum absolute atomic E-state index is 0.125. The van der Waals surface area contributed by atoms with Crippen LogP contribution < -0.4 is 0 Å². The van der Waals surface area contributed by atoms with Crippen LogP contribution in [0.3, 0.4) is 0 Å². The van der Waals surface area contributed by atoms with Crippen LogP contribution in [-0.4, -0.2) is 25.2 Å². The van der Waals surface area contributed by atoms with Gasteiger partial charge in [-0.25, -0.2) is 0 Å². The molecule has 0 spiro atoms. The van der Waals surface area contributed by atoms with Crippen molar-refractivity contribution in [2.24, 2.45) is 0 Å². The summed E-state index contributed by atoms with van der Waals surface area (Å²) in [6.07, 6.45) is 0. The maximum Gasteiger partial charge on any atom is 0.385 e. The lowest BCUT2D eigenvalue weighted by Crippen LogP contribution is -2.42. The molecule has 0 aromatic carbocycles. The highest BCUT2D eigenvalue weighted by Gasteiger charge is 2.56. The zero-order valence-electron chi connectivity index (χ0n) is 5.36. The monoisotopic (exact) mass is 156 g/mol. The molecule has 0 atom stereocenters. The normalized spacial score (nSPS) is 25.2. The number of hydrogen-bond acceptors (Lipinski definition) is 2. The van der Waals surface area contributed by atoms with Crippen molar-refractivity contribution in [1.82, 2.24) is 0 Å². The first-order valence-corrected chi connectivity index (χ1v) is 2.80. The number of ether oxygens (including phenoxy) is 2. The maximum absolute atomic E-state index is 12.6. The second kappa shape index (κ2) is 2.10. The van der Waals surface area contributed by atoms with Crippen LogP contribution in [-0.2, 0) is 9.47 Å². The predicted molar refractivity (Wildman–Crippen MR) is 26.4 cm³/mol. The van der Waals surface area contributed by atoms with Gasteiger partial charge >= 0.3 is 12.0 Å². The molecule has 1 aliphatic heterocycles. The van der Waals surface area contributed by atoms with E-state index in [2.05, 4.69) is 9.47 Å². The highest BCUT2D eigenvalue weighted by Crippen LogP contribution is 2.36. The van der Waals surface area contributed by atoms with Crippen molar-refractivity contribution in [3.05, 3.63) is 0 Å². The lowest BCUT2D eigenvalue weighted by atomic mass is 10.3. The fraction of sp³-hybridized carbons (Fsp3) is 1.00. The van der Waals surface area contributed by atoms with E-state index in [9.17, 15) is 13.2 Å². The topological polar surface area (TPSA) is 18.5 Å². The minimum atomic E-state index is -3.59. The van der Waals surface area contributed by atoms with Gasteiger partial charge in [0.15, 0.2) is 0 Å². The number of halogens is 3. The molecule has 0 aromatic heterocycles. The van der Waals surface area contributed by atoms with Crippen LogP contribution in [0.5, 0.6) is 0 Å². The van der Waals surface area contributed by atoms with Gasteiger partial charge in [-0.15, -0.1) is 0 Å². The predicted octanol–water partition coefficient (Wildman–Crippen LogP) is 1.31. The summed E-state index contributed by atoms with van der Waals surface area (Å²) in [4.78, 5) is 0. The molecule has 0 bridgehead atoms. The Morgan fingerprint density at radius 3 is 1.90 bits per heavy atom. The van der Waals surface area contributed by atoms with E-state index in [1.807, 2.05) is 0 Å². The van der Waals surface area contributed by atoms with Gasteiger partial charge in [0.1, 0.15) is 0 Å². The first-order chi connectivity index (χ1) is 4.46. The Bertz CT molecular complexity index is 125. The Morgan fingerprint density at radius 2 is 1.70 bits per heavy atom. The highest BCUT2D eigenvalue weighted by atomic mass is 19.3. The van der Waals surface area contributed by atoms with E-state index in [4.69, 9.17) is 0 Å². The first-order valence-electron chi connectivity index (χ1n) is 2.80. The van der Waals surface area contributed by atoms with Gasteiger partial charge in [-0.2, -0.15) is 13.2 Å². The van der Waals surface area contributed by atoms with E-state index in [-0.39, 0.29) is 13.2 Å². The van der Waals surface area contributed by atoms with Crippen molar-refractivity contribution < 1.29 is 22.6 Å². The first kappa shape index (κ1) is 7.81. The zero-order chi connectivity index (χ0) is 7.83. The van der Waals surface area contributed by atoms with Crippen molar-refractivity contribution in [3.8, 4) is 0 Å². The van der Waals surface area contributed by atoms with Crippen molar-refractivity contribution in [1.29, 1.82) is 0 Å². The van der Waals surface area contributed by atoms with Gasteiger partial charge in [0, 0.05) is 6.92 Å². The Balaban J connectivity index is 2.67. The average molecular weight is 156 g/mol. The molecule has 1 rings (SSSR count). The van der Waals surface area contributed by atoms with E-state index in [0.29, 0.717) is 6.92 Å². The summed E-state index contributed by atoms with van der Waals surface area (Å²) < 4.78 is 45.1. The van der Waals surface area contributed by atoms with Crippen LogP contribution >= 0.6 is 0 Å². The summed E-state index contributed by atoms with van der Waals surface area (Å²) in [7, 11) is 0. The minimum Gasteiger partial charge on any atom is -0.317 e. The molecular weight excluding hydrogens is 149 g/mol. The number of rotatable bonds is 1. The summed E-state index contributed by atoms with van der Waals surface area (Å²) in [5.74, 6) is -3.59. The van der Waals surface area contributed by atoms with Crippen LogP contribution in [0.25, 0.3) is 0 Å². The smallest absolute Gasteiger partial charge is 0.317 e. The van der Waals surface area contributed by atoms with Gasteiger partial charge in [-0.3, -0.25) is 0 Å². The number of alkyl halides is 3. The second-order valence-electron chi connectivity index (χ2n) is 2.12. The van der Waals surface area contributed by atoms with Crippen LogP contribution in [0.15, 0.2) is 0 Å². The molecule has 0 radical (unpaired) electrons. The third-order valence-corrected chi connectivity index (χ3v) is 1.18. The van der Waals surface area contributed by atoms with Gasteiger partial charge in [0.05, 0.1) is 13.2 Å². The molecule has 1 fully saturated rings. The van der Waals surface area contributed by atoms with Crippen molar-refractivity contribution in [3.63, 3.8) is 0 Å². The fourth-order valence-corrected chi connectivity index (χ4v) is 0.641. The average Bonchev–Trinajstić information content (AvgIpc) is 2.13. The molecule has 0 saturated carbocycles. The molecule has 60 valence electrons. The highest BCUT2D eigenvalue weighted by molar-refractivity contribution is 4.75. The Labute approximate surface area is 55.9 Å². The van der Waals surface area contributed by atoms with Gasteiger partial charge in [0.2, 0.25) is 0 Å². The molecule has 1 heterocycles. The molecule has 2 nitrogen and oxygen atoms in total. The molecule has 1 aliphatic rings. The molecule has 5 heteroatoms. The van der Waals surface area contributed by atoms with Gasteiger partial charge in [-0.05, 0) is 0 Å². The van der Waals surface area contributed by atoms with Crippen LogP contribution in [0.4, 0.5) is 13.2 Å². The van der Waals surface area contributed by atoms with Gasteiger partial charge < -0.3 is 9.47 Å². The van der Waals surface area contributed by atoms with E-state index >= 15 is 0 Å². The Kier molecular flexibility index (Phi) is 1.64. The lowest BCUT2D eigenvalue weighted by Gasteiger charge is -2.23. The van der Waals surface area contributed by atoms with Gasteiger partial charge in [0.25, 0.3) is 0 Å². The maximum atomic E-state index is 12.6. The standard InChI is InChI=1S/C5H7F3O2/c1-4(6,7)5(8)9-2-3-10-5/h2-3H2,1H3. The summed E-state index contributed by atoms with van der Waals surface area (Å²) in [6.45, 7) is 0.165. The third kappa shape index (κ3) is 1.11. The quantitative estimate of drug-likeness (QED) is 0.569. The molecule has 0 unspecified atom stereocenters.